The molecule has 0 aromatic rings. The van der Waals surface area contributed by atoms with Crippen LogP contribution in [-0.2, 0) is 9.47 Å². The quantitative estimate of drug-likeness (QED) is 0.588. The summed E-state index contributed by atoms with van der Waals surface area (Å²) in [4.78, 5) is 13.2. The zero-order valence-corrected chi connectivity index (χ0v) is 11.6. The van der Waals surface area contributed by atoms with E-state index in [9.17, 15) is 4.79 Å². The summed E-state index contributed by atoms with van der Waals surface area (Å²) in [7, 11) is 0. The number of carbonyl (C=O) groups is 1. The summed E-state index contributed by atoms with van der Waals surface area (Å²) in [5, 5.41) is 0. The van der Waals surface area contributed by atoms with Gasteiger partial charge in [0.1, 0.15) is 5.60 Å². The monoisotopic (exact) mass is 327 g/mol. The predicted molar refractivity (Wildman–Crippen MR) is 66.4 cm³/mol. The van der Waals surface area contributed by atoms with Gasteiger partial charge in [-0.15, -0.1) is 0 Å². The van der Waals surface area contributed by atoms with Gasteiger partial charge in [0.15, 0.2) is 0 Å². The van der Waals surface area contributed by atoms with E-state index in [1.807, 2.05) is 20.8 Å². The van der Waals surface area contributed by atoms with Crippen LogP contribution in [0.1, 0.15) is 20.8 Å². The Morgan fingerprint density at radius 3 is 2.53 bits per heavy atom. The first-order valence-electron chi connectivity index (χ1n) is 5.08. The molecule has 0 aliphatic carbocycles. The van der Waals surface area contributed by atoms with E-state index in [2.05, 4.69) is 22.6 Å². The second-order valence-electron chi connectivity index (χ2n) is 4.57. The molecule has 1 rings (SSSR count). The summed E-state index contributed by atoms with van der Waals surface area (Å²) in [5.41, 5.74) is -0.411. The average Bonchev–Trinajstić information content (AvgIpc) is 1.98. The summed E-state index contributed by atoms with van der Waals surface area (Å²) in [5.74, 6) is 0. The van der Waals surface area contributed by atoms with Gasteiger partial charge in [0.2, 0.25) is 0 Å². The summed E-state index contributed by atoms with van der Waals surface area (Å²) >= 11 is 2.27. The molecular formula is C10H18INO3. The average molecular weight is 327 g/mol. The number of rotatable bonds is 3. The summed E-state index contributed by atoms with van der Waals surface area (Å²) in [6.07, 6.45) is -0.0379. The van der Waals surface area contributed by atoms with Crippen LogP contribution >= 0.6 is 22.6 Å². The molecule has 88 valence electrons. The lowest BCUT2D eigenvalue weighted by Crippen LogP contribution is -2.56. The maximum Gasteiger partial charge on any atom is 0.410 e. The maximum absolute atomic E-state index is 11.5. The van der Waals surface area contributed by atoms with Gasteiger partial charge in [0.05, 0.1) is 25.8 Å². The highest BCUT2D eigenvalue weighted by Crippen LogP contribution is 2.16. The van der Waals surface area contributed by atoms with Gasteiger partial charge in [-0.1, -0.05) is 22.6 Å². The summed E-state index contributed by atoms with van der Waals surface area (Å²) in [6, 6.07) is 0. The SMILES string of the molecule is CC(C)(C)OC(=O)N1CC(OCCI)C1. The number of hydrogen-bond donors (Lipinski definition) is 0. The van der Waals surface area contributed by atoms with Gasteiger partial charge in [-0.3, -0.25) is 0 Å². The van der Waals surface area contributed by atoms with E-state index in [0.717, 1.165) is 11.0 Å². The van der Waals surface area contributed by atoms with Crippen LogP contribution in [-0.4, -0.2) is 46.8 Å². The first-order chi connectivity index (χ1) is 6.92. The van der Waals surface area contributed by atoms with Crippen LogP contribution in [0.2, 0.25) is 0 Å². The minimum atomic E-state index is -0.411. The van der Waals surface area contributed by atoms with Crippen molar-refractivity contribution < 1.29 is 14.3 Å². The Labute approximate surface area is 104 Å². The van der Waals surface area contributed by atoms with E-state index < -0.39 is 5.60 Å². The van der Waals surface area contributed by atoms with Gasteiger partial charge in [-0.2, -0.15) is 0 Å². The van der Waals surface area contributed by atoms with E-state index in [1.165, 1.54) is 0 Å². The Kier molecular flexibility index (Phi) is 4.64. The van der Waals surface area contributed by atoms with E-state index in [4.69, 9.17) is 9.47 Å². The highest BCUT2D eigenvalue weighted by Gasteiger charge is 2.33. The fourth-order valence-electron chi connectivity index (χ4n) is 1.23. The molecule has 1 aliphatic rings. The predicted octanol–water partition coefficient (Wildman–Crippen LogP) is 2.06. The first kappa shape index (κ1) is 13.0. The largest absolute Gasteiger partial charge is 0.444 e. The molecule has 0 radical (unpaired) electrons. The van der Waals surface area contributed by atoms with Gasteiger partial charge in [0, 0.05) is 4.43 Å². The van der Waals surface area contributed by atoms with E-state index >= 15 is 0 Å². The standard InChI is InChI=1S/C10H18INO3/c1-10(2,3)15-9(13)12-6-8(7-12)14-5-4-11/h8H,4-7H2,1-3H3. The smallest absolute Gasteiger partial charge is 0.410 e. The van der Waals surface area contributed by atoms with Crippen molar-refractivity contribution >= 4 is 28.7 Å². The van der Waals surface area contributed by atoms with Crippen LogP contribution in [0, 0.1) is 0 Å². The van der Waals surface area contributed by atoms with E-state index in [0.29, 0.717) is 13.1 Å². The number of likely N-dealkylation sites (tertiary alicyclic amines) is 1. The lowest BCUT2D eigenvalue weighted by atomic mass is 10.2. The molecule has 0 aromatic carbocycles. The molecule has 1 heterocycles. The second-order valence-corrected chi connectivity index (χ2v) is 5.65. The van der Waals surface area contributed by atoms with Crippen molar-refractivity contribution in [3.05, 3.63) is 0 Å². The van der Waals surface area contributed by atoms with E-state index in [-0.39, 0.29) is 12.2 Å². The summed E-state index contributed by atoms with van der Waals surface area (Å²) < 4.78 is 11.7. The number of halogens is 1. The van der Waals surface area contributed by atoms with Gasteiger partial charge >= 0.3 is 6.09 Å². The van der Waals surface area contributed by atoms with Crippen molar-refractivity contribution in [1.82, 2.24) is 4.90 Å². The van der Waals surface area contributed by atoms with Crippen molar-refractivity contribution in [3.8, 4) is 0 Å². The third-order valence-corrected chi connectivity index (χ3v) is 2.37. The molecule has 1 amide bonds. The third kappa shape index (κ3) is 4.55. The topological polar surface area (TPSA) is 38.8 Å². The number of alkyl halides is 1. The first-order valence-corrected chi connectivity index (χ1v) is 6.60. The fourth-order valence-corrected chi connectivity index (χ4v) is 1.48. The van der Waals surface area contributed by atoms with Crippen molar-refractivity contribution in [3.63, 3.8) is 0 Å². The molecule has 1 aliphatic heterocycles. The van der Waals surface area contributed by atoms with E-state index in [1.54, 1.807) is 4.90 Å². The molecule has 0 saturated carbocycles. The van der Waals surface area contributed by atoms with Crippen LogP contribution < -0.4 is 0 Å². The molecule has 15 heavy (non-hydrogen) atoms. The fraction of sp³-hybridized carbons (Fsp3) is 0.900. The minimum Gasteiger partial charge on any atom is -0.444 e. The molecule has 0 spiro atoms. The maximum atomic E-state index is 11.5. The van der Waals surface area contributed by atoms with Crippen molar-refractivity contribution in [2.24, 2.45) is 0 Å². The van der Waals surface area contributed by atoms with Gasteiger partial charge in [0.25, 0.3) is 0 Å². The molecule has 0 aromatic heterocycles. The number of hydrogen-bond acceptors (Lipinski definition) is 3. The molecule has 5 heteroatoms. The van der Waals surface area contributed by atoms with Crippen LogP contribution in [0.25, 0.3) is 0 Å². The van der Waals surface area contributed by atoms with Crippen LogP contribution in [0.5, 0.6) is 0 Å². The Hall–Kier alpha value is -0.0400. The highest BCUT2D eigenvalue weighted by molar-refractivity contribution is 14.1. The molecular weight excluding hydrogens is 309 g/mol. The van der Waals surface area contributed by atoms with Crippen molar-refractivity contribution in [2.75, 3.05) is 24.1 Å². The number of carbonyl (C=O) groups excluding carboxylic acids is 1. The van der Waals surface area contributed by atoms with Crippen molar-refractivity contribution in [2.45, 2.75) is 32.5 Å². The molecule has 1 fully saturated rings. The Morgan fingerprint density at radius 1 is 1.47 bits per heavy atom. The Bertz CT molecular complexity index is 221. The number of amides is 1. The summed E-state index contributed by atoms with van der Waals surface area (Å²) in [6.45, 7) is 7.68. The zero-order chi connectivity index (χ0) is 11.5. The van der Waals surface area contributed by atoms with Gasteiger partial charge in [-0.05, 0) is 20.8 Å². The normalized spacial score (nSPS) is 17.5. The molecule has 4 nitrogen and oxygen atoms in total. The highest BCUT2D eigenvalue weighted by atomic mass is 127. The number of ether oxygens (including phenoxy) is 2. The molecule has 0 atom stereocenters. The van der Waals surface area contributed by atoms with Gasteiger partial charge < -0.3 is 14.4 Å². The van der Waals surface area contributed by atoms with Gasteiger partial charge in [-0.25, -0.2) is 4.79 Å². The van der Waals surface area contributed by atoms with Crippen LogP contribution in [0.15, 0.2) is 0 Å². The minimum absolute atomic E-state index is 0.201. The molecule has 1 saturated heterocycles. The number of nitrogens with zero attached hydrogens (tertiary/aromatic N) is 1. The Balaban J connectivity index is 2.18. The van der Waals surface area contributed by atoms with Crippen molar-refractivity contribution in [1.29, 1.82) is 0 Å². The molecule has 0 bridgehead atoms. The van der Waals surface area contributed by atoms with Crippen LogP contribution in [0.4, 0.5) is 4.79 Å². The van der Waals surface area contributed by atoms with Crippen LogP contribution in [0.3, 0.4) is 0 Å². The lowest BCUT2D eigenvalue weighted by molar-refractivity contribution is -0.0586. The molecule has 0 N–H and O–H groups in total. The third-order valence-electron chi connectivity index (χ3n) is 1.93. The second kappa shape index (κ2) is 5.34. The lowest BCUT2D eigenvalue weighted by Gasteiger charge is -2.39. The molecule has 0 unspecified atom stereocenters. The zero-order valence-electron chi connectivity index (χ0n) is 9.46. The Morgan fingerprint density at radius 2 is 2.07 bits per heavy atom.